The fourth-order valence-corrected chi connectivity index (χ4v) is 1.54. The first kappa shape index (κ1) is 21.1. The number of unbranched alkanes of at least 4 members (excludes halogenated alkanes) is 2. The van der Waals surface area contributed by atoms with Crippen LogP contribution in [0.5, 0.6) is 0 Å². The molecule has 0 radical (unpaired) electrons. The number of guanidine groups is 1. The second-order valence-electron chi connectivity index (χ2n) is 4.32. The summed E-state index contributed by atoms with van der Waals surface area (Å²) in [5.41, 5.74) is 0. The second kappa shape index (κ2) is 11.6. The van der Waals surface area contributed by atoms with Gasteiger partial charge in [0.05, 0.1) is 0 Å². The third-order valence-corrected chi connectivity index (χ3v) is 2.59. The molecule has 0 heterocycles. The molecule has 0 aromatic heterocycles. The molecule has 19 heavy (non-hydrogen) atoms. The summed E-state index contributed by atoms with van der Waals surface area (Å²) in [6, 6.07) is 0. The van der Waals surface area contributed by atoms with Crippen LogP contribution in [0.25, 0.3) is 0 Å². The molecule has 7 heteroatoms. The van der Waals surface area contributed by atoms with Gasteiger partial charge in [-0.25, -0.2) is 0 Å². The first-order valence-corrected chi connectivity index (χ1v) is 6.39. The molecule has 0 aliphatic rings. The van der Waals surface area contributed by atoms with E-state index in [1.54, 1.807) is 7.05 Å². The Kier molecular flexibility index (Phi) is 12.9. The van der Waals surface area contributed by atoms with E-state index in [-0.39, 0.29) is 30.4 Å². The molecule has 0 spiro atoms. The molecule has 3 nitrogen and oxygen atoms in total. The van der Waals surface area contributed by atoms with Crippen molar-refractivity contribution >= 4 is 29.9 Å². The molecule has 0 fully saturated rings. The number of hydrogen-bond donors (Lipinski definition) is 1. The van der Waals surface area contributed by atoms with E-state index in [2.05, 4.69) is 17.2 Å². The van der Waals surface area contributed by atoms with Gasteiger partial charge >= 0.3 is 6.18 Å². The zero-order valence-electron chi connectivity index (χ0n) is 11.9. The van der Waals surface area contributed by atoms with Gasteiger partial charge in [-0.3, -0.25) is 4.99 Å². The molecule has 0 rings (SSSR count). The van der Waals surface area contributed by atoms with E-state index < -0.39 is 12.6 Å². The SMILES string of the molecule is CCCCN(C)C(=NC)NCCCCC(F)(F)F.I. The minimum Gasteiger partial charge on any atom is -0.356 e. The highest BCUT2D eigenvalue weighted by Gasteiger charge is 2.25. The Labute approximate surface area is 131 Å². The van der Waals surface area contributed by atoms with Crippen molar-refractivity contribution in [2.75, 3.05) is 27.2 Å². The van der Waals surface area contributed by atoms with Gasteiger partial charge in [0.1, 0.15) is 0 Å². The van der Waals surface area contributed by atoms with Gasteiger partial charge in [-0.1, -0.05) is 13.3 Å². The van der Waals surface area contributed by atoms with E-state index >= 15 is 0 Å². The predicted molar refractivity (Wildman–Crippen MR) is 84.2 cm³/mol. The van der Waals surface area contributed by atoms with Crippen LogP contribution in [0.2, 0.25) is 0 Å². The smallest absolute Gasteiger partial charge is 0.356 e. The largest absolute Gasteiger partial charge is 0.389 e. The highest BCUT2D eigenvalue weighted by molar-refractivity contribution is 14.0. The van der Waals surface area contributed by atoms with Crippen LogP contribution in [0, 0.1) is 0 Å². The fraction of sp³-hybridized carbons (Fsp3) is 0.917. The Bertz CT molecular complexity index is 245. The Morgan fingerprint density at radius 2 is 1.84 bits per heavy atom. The molecule has 0 saturated carbocycles. The van der Waals surface area contributed by atoms with E-state index in [9.17, 15) is 13.2 Å². The molecule has 116 valence electrons. The highest BCUT2D eigenvalue weighted by Crippen LogP contribution is 2.21. The maximum Gasteiger partial charge on any atom is 0.389 e. The summed E-state index contributed by atoms with van der Waals surface area (Å²) in [5, 5.41) is 3.07. The van der Waals surface area contributed by atoms with Crippen LogP contribution in [0.15, 0.2) is 4.99 Å². The Balaban J connectivity index is 0. The quantitative estimate of drug-likeness (QED) is 0.309. The van der Waals surface area contributed by atoms with Crippen LogP contribution in [0.1, 0.15) is 39.0 Å². The Morgan fingerprint density at radius 1 is 1.21 bits per heavy atom. The number of aliphatic imine (C=N–C) groups is 1. The topological polar surface area (TPSA) is 27.6 Å². The molecule has 0 aliphatic carbocycles. The lowest BCUT2D eigenvalue weighted by Gasteiger charge is -2.21. The predicted octanol–water partition coefficient (Wildman–Crippen LogP) is 3.64. The zero-order valence-corrected chi connectivity index (χ0v) is 14.2. The lowest BCUT2D eigenvalue weighted by molar-refractivity contribution is -0.135. The van der Waals surface area contributed by atoms with Crippen LogP contribution in [-0.4, -0.2) is 44.2 Å². The molecular formula is C12H25F3IN3. The van der Waals surface area contributed by atoms with Crippen molar-refractivity contribution in [3.63, 3.8) is 0 Å². The fourth-order valence-electron chi connectivity index (χ4n) is 1.54. The van der Waals surface area contributed by atoms with Crippen LogP contribution < -0.4 is 5.32 Å². The standard InChI is InChI=1S/C12H24F3N3.HI/c1-4-5-10-18(3)11(16-2)17-9-7-6-8-12(13,14)15;/h4-10H2,1-3H3,(H,16,17);1H. The Morgan fingerprint density at radius 3 is 2.32 bits per heavy atom. The number of nitrogens with one attached hydrogen (secondary N) is 1. The highest BCUT2D eigenvalue weighted by atomic mass is 127. The molecular weight excluding hydrogens is 370 g/mol. The molecule has 0 atom stereocenters. The molecule has 1 N–H and O–H groups in total. The monoisotopic (exact) mass is 395 g/mol. The normalized spacial score (nSPS) is 12.0. The molecule has 0 saturated heterocycles. The maximum absolute atomic E-state index is 11.9. The molecule has 0 bridgehead atoms. The van der Waals surface area contributed by atoms with Crippen molar-refractivity contribution in [2.24, 2.45) is 4.99 Å². The number of hydrogen-bond acceptors (Lipinski definition) is 1. The third-order valence-electron chi connectivity index (χ3n) is 2.59. The van der Waals surface area contributed by atoms with Crippen molar-refractivity contribution in [3.05, 3.63) is 0 Å². The van der Waals surface area contributed by atoms with Gasteiger partial charge in [0.15, 0.2) is 5.96 Å². The van der Waals surface area contributed by atoms with Crippen LogP contribution >= 0.6 is 24.0 Å². The Hall–Kier alpha value is -0.210. The van der Waals surface area contributed by atoms with Gasteiger partial charge in [-0.05, 0) is 19.3 Å². The van der Waals surface area contributed by atoms with Gasteiger partial charge < -0.3 is 10.2 Å². The molecule has 0 aromatic carbocycles. The molecule has 0 aromatic rings. The number of rotatable bonds is 7. The van der Waals surface area contributed by atoms with Crippen LogP contribution in [-0.2, 0) is 0 Å². The average molecular weight is 395 g/mol. The van der Waals surface area contributed by atoms with E-state index in [1.807, 2.05) is 11.9 Å². The second-order valence-corrected chi connectivity index (χ2v) is 4.32. The number of alkyl halides is 3. The van der Waals surface area contributed by atoms with E-state index in [1.165, 1.54) is 0 Å². The average Bonchev–Trinajstić information content (AvgIpc) is 2.29. The first-order valence-electron chi connectivity index (χ1n) is 6.39. The van der Waals surface area contributed by atoms with Crippen LogP contribution in [0.4, 0.5) is 13.2 Å². The number of halogens is 4. The van der Waals surface area contributed by atoms with E-state index in [0.29, 0.717) is 13.0 Å². The first-order chi connectivity index (χ1) is 8.40. The minimum absolute atomic E-state index is 0. The summed E-state index contributed by atoms with van der Waals surface area (Å²) in [6.07, 6.45) is -1.91. The van der Waals surface area contributed by atoms with Crippen molar-refractivity contribution in [2.45, 2.75) is 45.2 Å². The van der Waals surface area contributed by atoms with Gasteiger partial charge in [0, 0.05) is 33.6 Å². The lowest BCUT2D eigenvalue weighted by atomic mass is 10.2. The minimum atomic E-state index is -4.04. The zero-order chi connectivity index (χ0) is 14.0. The molecule has 0 amide bonds. The van der Waals surface area contributed by atoms with Gasteiger partial charge in [-0.2, -0.15) is 13.2 Å². The van der Waals surface area contributed by atoms with E-state index in [4.69, 9.17) is 0 Å². The maximum atomic E-state index is 11.9. The van der Waals surface area contributed by atoms with Gasteiger partial charge in [0.25, 0.3) is 0 Å². The van der Waals surface area contributed by atoms with Crippen molar-refractivity contribution < 1.29 is 13.2 Å². The van der Waals surface area contributed by atoms with Crippen molar-refractivity contribution in [1.82, 2.24) is 10.2 Å². The summed E-state index contributed by atoms with van der Waals surface area (Å²) in [5.74, 6) is 0.746. The third kappa shape index (κ3) is 12.6. The lowest BCUT2D eigenvalue weighted by Crippen LogP contribution is -2.39. The van der Waals surface area contributed by atoms with Gasteiger partial charge in [0.2, 0.25) is 0 Å². The van der Waals surface area contributed by atoms with Crippen LogP contribution in [0.3, 0.4) is 0 Å². The van der Waals surface area contributed by atoms with Crippen molar-refractivity contribution in [3.8, 4) is 0 Å². The summed E-state index contributed by atoms with van der Waals surface area (Å²) in [7, 11) is 3.61. The summed E-state index contributed by atoms with van der Waals surface area (Å²) in [4.78, 5) is 6.09. The molecule has 0 aliphatic heterocycles. The van der Waals surface area contributed by atoms with Crippen molar-refractivity contribution in [1.29, 1.82) is 0 Å². The summed E-state index contributed by atoms with van der Waals surface area (Å²) < 4.78 is 35.8. The van der Waals surface area contributed by atoms with E-state index in [0.717, 1.165) is 25.3 Å². The summed E-state index contributed by atoms with van der Waals surface area (Å²) >= 11 is 0. The molecule has 0 unspecified atom stereocenters. The number of nitrogens with zero attached hydrogens (tertiary/aromatic N) is 2. The summed E-state index contributed by atoms with van der Waals surface area (Å²) in [6.45, 7) is 3.54. The van der Waals surface area contributed by atoms with Gasteiger partial charge in [-0.15, -0.1) is 24.0 Å².